The summed E-state index contributed by atoms with van der Waals surface area (Å²) in [6.07, 6.45) is 2.14. The predicted octanol–water partition coefficient (Wildman–Crippen LogP) is 8.88. The molecule has 0 aliphatic carbocycles. The van der Waals surface area contributed by atoms with E-state index < -0.39 is 7.92 Å². The van der Waals surface area contributed by atoms with Crippen molar-refractivity contribution in [3.8, 4) is 11.1 Å². The van der Waals surface area contributed by atoms with E-state index in [0.717, 1.165) is 11.7 Å². The first kappa shape index (κ1) is 24.9. The molecular formula is C30H41OP. The monoisotopic (exact) mass is 448 g/mol. The van der Waals surface area contributed by atoms with E-state index in [9.17, 15) is 4.79 Å². The lowest BCUT2D eigenvalue weighted by molar-refractivity contribution is -0.118. The fourth-order valence-electron chi connectivity index (χ4n) is 5.02. The number of rotatable bonds is 5. The molecule has 172 valence electrons. The van der Waals surface area contributed by atoms with Crippen molar-refractivity contribution in [3.63, 3.8) is 0 Å². The van der Waals surface area contributed by atoms with Gasteiger partial charge in [-0.3, -0.25) is 4.79 Å². The first-order valence-electron chi connectivity index (χ1n) is 12.2. The largest absolute Gasteiger partial charge is 0.299 e. The average molecular weight is 449 g/mol. The number of hydrogen-bond acceptors (Lipinski definition) is 1. The molecule has 1 aliphatic rings. The van der Waals surface area contributed by atoms with Gasteiger partial charge in [-0.15, -0.1) is 0 Å². The number of carbonyl (C=O) groups is 1. The average Bonchev–Trinajstić information content (AvgIpc) is 2.81. The highest BCUT2D eigenvalue weighted by molar-refractivity contribution is 7.71. The molecule has 0 spiro atoms. The molecule has 32 heavy (non-hydrogen) atoms. The van der Waals surface area contributed by atoms with Crippen molar-refractivity contribution in [2.45, 2.75) is 97.6 Å². The molecule has 0 aromatic heterocycles. The topological polar surface area (TPSA) is 17.1 Å². The molecule has 1 heterocycles. The standard InChI is InChI=1S/C30H41OP/c1-19(2)23-17-26(20(3)4)29(27(18-23)21(5)6)25-12-10-11-13-28(25)32-22(7)16-24(31)14-15-30(32,8)9/h10-13,17-21H,7,14-16H2,1-6,8-9H3. The highest BCUT2D eigenvalue weighted by Crippen LogP contribution is 2.60. The van der Waals surface area contributed by atoms with Crippen LogP contribution in [0.1, 0.15) is 109 Å². The van der Waals surface area contributed by atoms with Crippen LogP contribution in [0.25, 0.3) is 11.1 Å². The van der Waals surface area contributed by atoms with Crippen molar-refractivity contribution in [1.29, 1.82) is 0 Å². The Kier molecular flexibility index (Phi) is 7.51. The minimum Gasteiger partial charge on any atom is -0.299 e. The van der Waals surface area contributed by atoms with Crippen LogP contribution >= 0.6 is 7.92 Å². The fourth-order valence-corrected chi connectivity index (χ4v) is 8.20. The van der Waals surface area contributed by atoms with Crippen LogP contribution in [0.15, 0.2) is 48.3 Å². The van der Waals surface area contributed by atoms with Crippen molar-refractivity contribution < 1.29 is 4.79 Å². The maximum Gasteiger partial charge on any atom is 0.137 e. The molecule has 0 N–H and O–H groups in total. The van der Waals surface area contributed by atoms with Gasteiger partial charge in [0, 0.05) is 12.8 Å². The SMILES string of the molecule is C=C1CC(=O)CCC(C)(C)P1c1ccccc1-c1c(C(C)C)cc(C(C)C)cc1C(C)C. The number of ketones is 1. The van der Waals surface area contributed by atoms with E-state index in [0.29, 0.717) is 36.4 Å². The molecule has 1 saturated heterocycles. The third-order valence-electron chi connectivity index (χ3n) is 6.89. The van der Waals surface area contributed by atoms with Gasteiger partial charge in [-0.1, -0.05) is 98.4 Å². The van der Waals surface area contributed by atoms with Gasteiger partial charge in [0.1, 0.15) is 5.78 Å². The Bertz CT molecular complexity index is 980. The molecule has 2 heteroatoms. The zero-order chi connectivity index (χ0) is 23.8. The smallest absolute Gasteiger partial charge is 0.137 e. The lowest BCUT2D eigenvalue weighted by Crippen LogP contribution is -2.24. The summed E-state index contributed by atoms with van der Waals surface area (Å²) < 4.78 is 0. The molecule has 3 rings (SSSR count). The summed E-state index contributed by atoms with van der Waals surface area (Å²) >= 11 is 0. The number of hydrogen-bond donors (Lipinski definition) is 0. The second-order valence-electron chi connectivity index (χ2n) is 11.0. The van der Waals surface area contributed by atoms with Crippen molar-refractivity contribution >= 4 is 19.0 Å². The molecule has 0 amide bonds. The molecule has 0 radical (unpaired) electrons. The Balaban J connectivity index is 2.34. The van der Waals surface area contributed by atoms with E-state index in [1.807, 2.05) is 0 Å². The predicted molar refractivity (Wildman–Crippen MR) is 143 cm³/mol. The van der Waals surface area contributed by atoms with Crippen LogP contribution in [-0.4, -0.2) is 10.9 Å². The first-order valence-corrected chi connectivity index (χ1v) is 13.5. The summed E-state index contributed by atoms with van der Waals surface area (Å²) in [7, 11) is -0.668. The van der Waals surface area contributed by atoms with Gasteiger partial charge in [-0.2, -0.15) is 0 Å². The van der Waals surface area contributed by atoms with Crippen LogP contribution in [0.5, 0.6) is 0 Å². The molecule has 1 unspecified atom stereocenters. The van der Waals surface area contributed by atoms with E-state index in [1.165, 1.54) is 33.1 Å². The van der Waals surface area contributed by atoms with Gasteiger partial charge < -0.3 is 0 Å². The maximum absolute atomic E-state index is 12.5. The Hall–Kier alpha value is -1.72. The van der Waals surface area contributed by atoms with Gasteiger partial charge in [0.2, 0.25) is 0 Å². The van der Waals surface area contributed by atoms with Gasteiger partial charge in [-0.25, -0.2) is 0 Å². The van der Waals surface area contributed by atoms with Crippen molar-refractivity contribution in [2.24, 2.45) is 0 Å². The Morgan fingerprint density at radius 1 is 0.906 bits per heavy atom. The molecule has 1 aliphatic heterocycles. The first-order chi connectivity index (χ1) is 14.9. The lowest BCUT2D eigenvalue weighted by atomic mass is 9.82. The zero-order valence-electron chi connectivity index (χ0n) is 21.4. The minimum absolute atomic E-state index is 0.0581. The van der Waals surface area contributed by atoms with Gasteiger partial charge in [0.05, 0.1) is 0 Å². The van der Waals surface area contributed by atoms with E-state index >= 15 is 0 Å². The van der Waals surface area contributed by atoms with Crippen LogP contribution in [0, 0.1) is 0 Å². The molecule has 0 bridgehead atoms. The van der Waals surface area contributed by atoms with Crippen LogP contribution in [0.3, 0.4) is 0 Å². The highest BCUT2D eigenvalue weighted by atomic mass is 31.1. The summed E-state index contributed by atoms with van der Waals surface area (Å²) in [4.78, 5) is 12.5. The Morgan fingerprint density at radius 2 is 1.47 bits per heavy atom. The zero-order valence-corrected chi connectivity index (χ0v) is 22.3. The molecular weight excluding hydrogens is 407 g/mol. The quantitative estimate of drug-likeness (QED) is 0.417. The summed E-state index contributed by atoms with van der Waals surface area (Å²) in [6, 6.07) is 13.9. The van der Waals surface area contributed by atoms with Crippen LogP contribution < -0.4 is 5.30 Å². The molecule has 0 saturated carbocycles. The van der Waals surface area contributed by atoms with Crippen molar-refractivity contribution in [1.82, 2.24) is 0 Å². The molecule has 2 aromatic carbocycles. The van der Waals surface area contributed by atoms with Gasteiger partial charge >= 0.3 is 0 Å². The summed E-state index contributed by atoms with van der Waals surface area (Å²) in [5, 5.41) is 2.59. The van der Waals surface area contributed by atoms with Crippen molar-refractivity contribution in [3.05, 3.63) is 65.0 Å². The Morgan fingerprint density at radius 3 is 2.00 bits per heavy atom. The second-order valence-corrected chi connectivity index (χ2v) is 14.0. The summed E-state index contributed by atoms with van der Waals surface area (Å²) in [5.41, 5.74) is 7.07. The summed E-state index contributed by atoms with van der Waals surface area (Å²) in [6.45, 7) is 23.0. The number of carbonyl (C=O) groups excluding carboxylic acids is 1. The fraction of sp³-hybridized carbons (Fsp3) is 0.500. The van der Waals surface area contributed by atoms with Crippen LogP contribution in [0.2, 0.25) is 0 Å². The third kappa shape index (κ3) is 4.94. The lowest BCUT2D eigenvalue weighted by Gasteiger charge is -2.36. The van der Waals surface area contributed by atoms with Gasteiger partial charge in [0.25, 0.3) is 0 Å². The summed E-state index contributed by atoms with van der Waals surface area (Å²) in [5.74, 6) is 1.73. The molecule has 1 atom stereocenters. The number of benzene rings is 2. The van der Waals surface area contributed by atoms with Gasteiger partial charge in [-0.05, 0) is 75.7 Å². The normalized spacial score (nSPS) is 19.2. The van der Waals surface area contributed by atoms with E-state index in [2.05, 4.69) is 98.4 Å². The minimum atomic E-state index is -0.668. The van der Waals surface area contributed by atoms with E-state index in [1.54, 1.807) is 0 Å². The van der Waals surface area contributed by atoms with Crippen LogP contribution in [-0.2, 0) is 4.79 Å². The van der Waals surface area contributed by atoms with E-state index in [-0.39, 0.29) is 5.16 Å². The highest BCUT2D eigenvalue weighted by Gasteiger charge is 2.37. The maximum atomic E-state index is 12.5. The molecule has 1 fully saturated rings. The third-order valence-corrected chi connectivity index (χ3v) is 9.98. The van der Waals surface area contributed by atoms with Crippen molar-refractivity contribution in [2.75, 3.05) is 0 Å². The molecule has 1 nitrogen and oxygen atoms in total. The van der Waals surface area contributed by atoms with E-state index in [4.69, 9.17) is 0 Å². The second kappa shape index (κ2) is 9.64. The van der Waals surface area contributed by atoms with Crippen LogP contribution in [0.4, 0.5) is 0 Å². The van der Waals surface area contributed by atoms with Gasteiger partial charge in [0.15, 0.2) is 0 Å². The molecule has 2 aromatic rings. The Labute approximate surface area is 197 Å². The number of allylic oxidation sites excluding steroid dienone is 1. The number of Topliss-reactive ketones (excluding diaryl/α,β-unsaturated/α-hetero) is 1.